The van der Waals surface area contributed by atoms with Gasteiger partial charge >= 0.3 is 6.18 Å². The number of hydrogen-bond donors (Lipinski definition) is 0. The molecule has 0 radical (unpaired) electrons. The van der Waals surface area contributed by atoms with Gasteiger partial charge in [-0.05, 0) is 28.1 Å². The van der Waals surface area contributed by atoms with Crippen LogP contribution in [0.5, 0.6) is 0 Å². The van der Waals surface area contributed by atoms with Gasteiger partial charge in [0.2, 0.25) is 0 Å². The second-order valence-corrected chi connectivity index (χ2v) is 4.72. The molecule has 0 atom stereocenters. The van der Waals surface area contributed by atoms with Crippen LogP contribution >= 0.6 is 43.5 Å². The molecule has 0 saturated carbocycles. The predicted molar refractivity (Wildman–Crippen MR) is 62.3 cm³/mol. The van der Waals surface area contributed by atoms with Crippen LogP contribution in [-0.2, 0) is 6.18 Å². The van der Waals surface area contributed by atoms with Gasteiger partial charge in [0.1, 0.15) is 0 Å². The Morgan fingerprint density at radius 2 is 1.94 bits per heavy atom. The molecule has 0 aliphatic heterocycles. The lowest BCUT2D eigenvalue weighted by Gasteiger charge is -2.13. The first kappa shape index (κ1) is 14.0. The summed E-state index contributed by atoms with van der Waals surface area (Å²) >= 11 is 11.3. The third kappa shape index (κ3) is 2.99. The van der Waals surface area contributed by atoms with Crippen LogP contribution in [0.15, 0.2) is 16.6 Å². The zero-order valence-corrected chi connectivity index (χ0v) is 11.5. The summed E-state index contributed by atoms with van der Waals surface area (Å²) in [6, 6.07) is 1.99. The minimum absolute atomic E-state index is 0.0387. The molecule has 0 N–H and O–H groups in total. The Kier molecular flexibility index (Phi) is 4.42. The Bertz CT molecular complexity index is 431. The standard InChI is InChI=1S/C9H4Br2ClF3O/c10-3-7(16)8-5(9(13,14)15)1-4(12)2-6(8)11/h1-2H,3H2. The van der Waals surface area contributed by atoms with Crippen molar-refractivity contribution < 1.29 is 18.0 Å². The summed E-state index contributed by atoms with van der Waals surface area (Å²) in [5, 5.41) is -0.263. The molecular weight excluding hydrogens is 376 g/mol. The van der Waals surface area contributed by atoms with Crippen molar-refractivity contribution in [3.8, 4) is 0 Å². The van der Waals surface area contributed by atoms with Gasteiger partial charge in [-0.25, -0.2) is 0 Å². The van der Waals surface area contributed by atoms with Crippen LogP contribution in [0.1, 0.15) is 15.9 Å². The Hall–Kier alpha value is -0.0700. The highest BCUT2D eigenvalue weighted by molar-refractivity contribution is 9.10. The Morgan fingerprint density at radius 3 is 2.38 bits per heavy atom. The van der Waals surface area contributed by atoms with Crippen molar-refractivity contribution in [3.05, 3.63) is 32.8 Å². The smallest absolute Gasteiger partial charge is 0.293 e. The average molecular weight is 380 g/mol. The molecule has 0 saturated heterocycles. The van der Waals surface area contributed by atoms with E-state index in [-0.39, 0.29) is 14.8 Å². The van der Waals surface area contributed by atoms with Gasteiger partial charge in [0, 0.05) is 15.1 Å². The summed E-state index contributed by atoms with van der Waals surface area (Å²) in [6.07, 6.45) is -4.61. The van der Waals surface area contributed by atoms with Crippen LogP contribution in [0.25, 0.3) is 0 Å². The van der Waals surface area contributed by atoms with Gasteiger partial charge in [-0.15, -0.1) is 0 Å². The van der Waals surface area contributed by atoms with Gasteiger partial charge in [-0.2, -0.15) is 13.2 Å². The number of benzene rings is 1. The molecule has 0 amide bonds. The maximum Gasteiger partial charge on any atom is 0.417 e. The lowest BCUT2D eigenvalue weighted by atomic mass is 10.0. The number of halogens is 6. The summed E-state index contributed by atoms with van der Waals surface area (Å²) < 4.78 is 38.0. The van der Waals surface area contributed by atoms with Crippen LogP contribution in [0.2, 0.25) is 5.02 Å². The van der Waals surface area contributed by atoms with Crippen molar-refractivity contribution in [2.75, 3.05) is 5.33 Å². The molecule has 0 fully saturated rings. The van der Waals surface area contributed by atoms with E-state index in [4.69, 9.17) is 11.6 Å². The zero-order valence-electron chi connectivity index (χ0n) is 7.54. The van der Waals surface area contributed by atoms with Crippen molar-refractivity contribution in [3.63, 3.8) is 0 Å². The summed E-state index contributed by atoms with van der Waals surface area (Å²) in [5.74, 6) is -0.657. The second-order valence-electron chi connectivity index (χ2n) is 2.86. The number of alkyl halides is 4. The molecule has 7 heteroatoms. The van der Waals surface area contributed by atoms with E-state index in [1.54, 1.807) is 0 Å². The van der Waals surface area contributed by atoms with E-state index in [2.05, 4.69) is 31.9 Å². The van der Waals surface area contributed by atoms with E-state index >= 15 is 0 Å². The van der Waals surface area contributed by atoms with E-state index in [1.807, 2.05) is 0 Å². The highest BCUT2D eigenvalue weighted by atomic mass is 79.9. The van der Waals surface area contributed by atoms with E-state index in [1.165, 1.54) is 6.07 Å². The van der Waals surface area contributed by atoms with E-state index < -0.39 is 23.1 Å². The minimum atomic E-state index is -4.61. The number of carbonyl (C=O) groups excluding carboxylic acids is 1. The third-order valence-corrected chi connectivity index (χ3v) is 3.11. The van der Waals surface area contributed by atoms with Gasteiger partial charge in [-0.1, -0.05) is 27.5 Å². The summed E-state index contributed by atoms with van der Waals surface area (Å²) in [7, 11) is 0. The Morgan fingerprint density at radius 1 is 1.38 bits per heavy atom. The quantitative estimate of drug-likeness (QED) is 0.537. The average Bonchev–Trinajstić information content (AvgIpc) is 2.14. The minimum Gasteiger partial charge on any atom is -0.293 e. The maximum atomic E-state index is 12.7. The van der Waals surface area contributed by atoms with Gasteiger partial charge in [-0.3, -0.25) is 4.79 Å². The summed E-state index contributed by atoms with van der Waals surface area (Å²) in [5.41, 5.74) is -1.44. The molecule has 0 heterocycles. The lowest BCUT2D eigenvalue weighted by molar-refractivity contribution is -0.137. The molecule has 1 aromatic carbocycles. The van der Waals surface area contributed by atoms with E-state index in [9.17, 15) is 18.0 Å². The van der Waals surface area contributed by atoms with Crippen molar-refractivity contribution in [2.45, 2.75) is 6.18 Å². The molecule has 0 aromatic heterocycles. The molecule has 0 spiro atoms. The van der Waals surface area contributed by atoms with Crippen LogP contribution < -0.4 is 0 Å². The van der Waals surface area contributed by atoms with Crippen LogP contribution in [0.3, 0.4) is 0 Å². The first-order chi connectivity index (χ1) is 7.27. The van der Waals surface area contributed by atoms with Gasteiger partial charge in [0.15, 0.2) is 5.78 Å². The number of carbonyl (C=O) groups is 1. The molecule has 0 bridgehead atoms. The molecule has 88 valence electrons. The Balaban J connectivity index is 3.51. The van der Waals surface area contributed by atoms with Crippen molar-refractivity contribution in [1.29, 1.82) is 0 Å². The summed E-state index contributed by atoms with van der Waals surface area (Å²) in [6.45, 7) is 0. The van der Waals surface area contributed by atoms with Gasteiger partial charge < -0.3 is 0 Å². The number of Topliss-reactive ketones (excluding diaryl/α,β-unsaturated/α-hetero) is 1. The molecule has 1 aromatic rings. The number of ketones is 1. The first-order valence-corrected chi connectivity index (χ1v) is 6.22. The topological polar surface area (TPSA) is 17.1 Å². The molecule has 0 aliphatic carbocycles. The molecule has 1 rings (SSSR count). The highest BCUT2D eigenvalue weighted by Gasteiger charge is 2.36. The Labute approximate surface area is 111 Å². The molecule has 0 aliphatic rings. The molecular formula is C9H4Br2ClF3O. The number of hydrogen-bond acceptors (Lipinski definition) is 1. The lowest BCUT2D eigenvalue weighted by Crippen LogP contribution is -2.14. The van der Waals surface area contributed by atoms with E-state index in [0.717, 1.165) is 6.07 Å². The van der Waals surface area contributed by atoms with E-state index in [0.29, 0.717) is 0 Å². The highest BCUT2D eigenvalue weighted by Crippen LogP contribution is 2.37. The van der Waals surface area contributed by atoms with Crippen LogP contribution in [0.4, 0.5) is 13.2 Å². The van der Waals surface area contributed by atoms with Crippen molar-refractivity contribution in [2.24, 2.45) is 0 Å². The van der Waals surface area contributed by atoms with Crippen molar-refractivity contribution in [1.82, 2.24) is 0 Å². The maximum absolute atomic E-state index is 12.7. The molecule has 16 heavy (non-hydrogen) atoms. The fourth-order valence-electron chi connectivity index (χ4n) is 1.15. The normalized spacial score (nSPS) is 11.6. The summed E-state index contributed by atoms with van der Waals surface area (Å²) in [4.78, 5) is 11.4. The largest absolute Gasteiger partial charge is 0.417 e. The number of rotatable bonds is 2. The first-order valence-electron chi connectivity index (χ1n) is 3.92. The fraction of sp³-hybridized carbons (Fsp3) is 0.222. The van der Waals surface area contributed by atoms with Crippen molar-refractivity contribution >= 4 is 49.2 Å². The van der Waals surface area contributed by atoms with Crippen LogP contribution in [0, 0.1) is 0 Å². The molecule has 0 unspecified atom stereocenters. The van der Waals surface area contributed by atoms with Crippen LogP contribution in [-0.4, -0.2) is 11.1 Å². The third-order valence-electron chi connectivity index (χ3n) is 1.76. The SMILES string of the molecule is O=C(CBr)c1c(Br)cc(Cl)cc1C(F)(F)F. The molecule has 1 nitrogen and oxygen atoms in total. The van der Waals surface area contributed by atoms with Gasteiger partial charge in [0.25, 0.3) is 0 Å². The fourth-order valence-corrected chi connectivity index (χ4v) is 2.46. The second kappa shape index (κ2) is 5.06. The van der Waals surface area contributed by atoms with Gasteiger partial charge in [0.05, 0.1) is 10.9 Å². The predicted octanol–water partition coefficient (Wildman–Crippen LogP) is 4.70. The zero-order chi connectivity index (χ0) is 12.5. The monoisotopic (exact) mass is 378 g/mol.